The third-order valence-corrected chi connectivity index (χ3v) is 4.88. The SMILES string of the molecule is Cc1nc(CCNC(=O)c2cnc3c(c2)ncn3C)nc2c1CCCC2. The minimum Gasteiger partial charge on any atom is -0.352 e. The molecule has 134 valence electrons. The first kappa shape index (κ1) is 16.6. The molecule has 3 aromatic heterocycles. The maximum absolute atomic E-state index is 12.4. The van der Waals surface area contributed by atoms with Crippen LogP contribution in [0.1, 0.15) is 46.0 Å². The number of amides is 1. The summed E-state index contributed by atoms with van der Waals surface area (Å²) in [5.74, 6) is 0.654. The van der Waals surface area contributed by atoms with Crippen LogP contribution in [0.3, 0.4) is 0 Å². The van der Waals surface area contributed by atoms with E-state index in [4.69, 9.17) is 4.98 Å². The van der Waals surface area contributed by atoms with Gasteiger partial charge in [-0.2, -0.15) is 0 Å². The fourth-order valence-corrected chi connectivity index (χ4v) is 3.49. The predicted molar refractivity (Wildman–Crippen MR) is 98.0 cm³/mol. The first-order valence-corrected chi connectivity index (χ1v) is 9.02. The molecule has 7 nitrogen and oxygen atoms in total. The Hall–Kier alpha value is -2.83. The number of carbonyl (C=O) groups is 1. The fourth-order valence-electron chi connectivity index (χ4n) is 3.49. The highest BCUT2D eigenvalue weighted by Gasteiger charge is 2.15. The lowest BCUT2D eigenvalue weighted by Crippen LogP contribution is -2.26. The second-order valence-electron chi connectivity index (χ2n) is 6.79. The summed E-state index contributed by atoms with van der Waals surface area (Å²) in [6, 6.07) is 1.76. The van der Waals surface area contributed by atoms with Crippen LogP contribution in [0.25, 0.3) is 11.2 Å². The summed E-state index contributed by atoms with van der Waals surface area (Å²) in [6.07, 6.45) is 8.44. The van der Waals surface area contributed by atoms with Gasteiger partial charge in [-0.25, -0.2) is 19.9 Å². The minimum atomic E-state index is -0.153. The third kappa shape index (κ3) is 3.16. The van der Waals surface area contributed by atoms with Crippen molar-refractivity contribution in [3.63, 3.8) is 0 Å². The number of rotatable bonds is 4. The van der Waals surface area contributed by atoms with Crippen LogP contribution in [0.4, 0.5) is 0 Å². The molecule has 0 radical (unpaired) electrons. The zero-order valence-corrected chi connectivity index (χ0v) is 15.1. The summed E-state index contributed by atoms with van der Waals surface area (Å²) in [7, 11) is 1.88. The van der Waals surface area contributed by atoms with Crippen LogP contribution in [-0.2, 0) is 26.3 Å². The summed E-state index contributed by atoms with van der Waals surface area (Å²) >= 11 is 0. The number of imidazole rings is 1. The average Bonchev–Trinajstić information content (AvgIpc) is 3.02. The molecule has 0 saturated carbocycles. The summed E-state index contributed by atoms with van der Waals surface area (Å²) in [4.78, 5) is 30.2. The smallest absolute Gasteiger partial charge is 0.252 e. The van der Waals surface area contributed by atoms with Crippen LogP contribution in [0, 0.1) is 6.92 Å². The largest absolute Gasteiger partial charge is 0.352 e. The van der Waals surface area contributed by atoms with E-state index in [0.29, 0.717) is 24.0 Å². The van der Waals surface area contributed by atoms with E-state index in [1.807, 2.05) is 11.6 Å². The van der Waals surface area contributed by atoms with Gasteiger partial charge in [0, 0.05) is 37.6 Å². The second kappa shape index (κ2) is 6.82. The van der Waals surface area contributed by atoms with Crippen molar-refractivity contribution in [2.75, 3.05) is 6.54 Å². The highest BCUT2D eigenvalue weighted by atomic mass is 16.1. The Morgan fingerprint density at radius 3 is 2.96 bits per heavy atom. The van der Waals surface area contributed by atoms with E-state index in [-0.39, 0.29) is 5.91 Å². The predicted octanol–water partition coefficient (Wildman–Crippen LogP) is 1.92. The Morgan fingerprint density at radius 1 is 1.23 bits per heavy atom. The molecule has 0 aromatic carbocycles. The molecular formula is C19H22N6O. The molecule has 1 N–H and O–H groups in total. The second-order valence-corrected chi connectivity index (χ2v) is 6.79. The first-order chi connectivity index (χ1) is 12.6. The van der Waals surface area contributed by atoms with Gasteiger partial charge in [0.05, 0.1) is 11.9 Å². The van der Waals surface area contributed by atoms with Gasteiger partial charge < -0.3 is 9.88 Å². The lowest BCUT2D eigenvalue weighted by molar-refractivity contribution is 0.0954. The molecule has 0 bridgehead atoms. The topological polar surface area (TPSA) is 85.6 Å². The van der Waals surface area contributed by atoms with Gasteiger partial charge in [0.1, 0.15) is 11.3 Å². The van der Waals surface area contributed by atoms with Crippen molar-refractivity contribution >= 4 is 17.1 Å². The van der Waals surface area contributed by atoms with Gasteiger partial charge in [-0.05, 0) is 44.2 Å². The van der Waals surface area contributed by atoms with Crippen molar-refractivity contribution in [2.45, 2.75) is 39.0 Å². The quantitative estimate of drug-likeness (QED) is 0.777. The van der Waals surface area contributed by atoms with E-state index < -0.39 is 0 Å². The monoisotopic (exact) mass is 350 g/mol. The molecule has 7 heteroatoms. The van der Waals surface area contributed by atoms with E-state index in [1.54, 1.807) is 18.6 Å². The Kier molecular flexibility index (Phi) is 4.36. The number of hydrogen-bond donors (Lipinski definition) is 1. The normalized spacial score (nSPS) is 13.6. The van der Waals surface area contributed by atoms with E-state index in [1.165, 1.54) is 24.1 Å². The molecule has 1 aliphatic carbocycles. The van der Waals surface area contributed by atoms with Gasteiger partial charge in [0.15, 0.2) is 5.65 Å². The van der Waals surface area contributed by atoms with Crippen LogP contribution >= 0.6 is 0 Å². The number of pyridine rings is 1. The zero-order valence-electron chi connectivity index (χ0n) is 15.1. The van der Waals surface area contributed by atoms with Crippen molar-refractivity contribution in [3.05, 3.63) is 46.9 Å². The van der Waals surface area contributed by atoms with Crippen LogP contribution in [-0.4, -0.2) is 37.0 Å². The standard InChI is InChI=1S/C19H22N6O/c1-12-14-5-3-4-6-15(14)24-17(23-12)7-8-20-19(26)13-9-16-18(21-10-13)25(2)11-22-16/h9-11H,3-8H2,1-2H3,(H,20,26). The van der Waals surface area contributed by atoms with Gasteiger partial charge in [-0.1, -0.05) is 0 Å². The van der Waals surface area contributed by atoms with Gasteiger partial charge in [-0.15, -0.1) is 0 Å². The Labute approximate surface area is 151 Å². The van der Waals surface area contributed by atoms with E-state index in [2.05, 4.69) is 27.2 Å². The number of fused-ring (bicyclic) bond motifs is 2. The molecule has 4 rings (SSSR count). The third-order valence-electron chi connectivity index (χ3n) is 4.88. The molecular weight excluding hydrogens is 328 g/mol. The maximum atomic E-state index is 12.4. The Balaban J connectivity index is 1.40. The van der Waals surface area contributed by atoms with Crippen molar-refractivity contribution in [3.8, 4) is 0 Å². The van der Waals surface area contributed by atoms with E-state index >= 15 is 0 Å². The van der Waals surface area contributed by atoms with Crippen molar-refractivity contribution in [1.82, 2.24) is 29.8 Å². The van der Waals surface area contributed by atoms with Gasteiger partial charge in [0.2, 0.25) is 0 Å². The van der Waals surface area contributed by atoms with Crippen molar-refractivity contribution in [1.29, 1.82) is 0 Å². The molecule has 0 aliphatic heterocycles. The summed E-state index contributed by atoms with van der Waals surface area (Å²) in [5, 5.41) is 2.92. The maximum Gasteiger partial charge on any atom is 0.252 e. The fraction of sp³-hybridized carbons (Fsp3) is 0.421. The van der Waals surface area contributed by atoms with Gasteiger partial charge in [-0.3, -0.25) is 4.79 Å². The van der Waals surface area contributed by atoms with Gasteiger partial charge >= 0.3 is 0 Å². The molecule has 1 amide bonds. The molecule has 3 heterocycles. The highest BCUT2D eigenvalue weighted by molar-refractivity contribution is 5.96. The Morgan fingerprint density at radius 2 is 2.08 bits per heavy atom. The number of nitrogens with zero attached hydrogens (tertiary/aromatic N) is 5. The number of carbonyl (C=O) groups excluding carboxylic acids is 1. The molecule has 1 aliphatic rings. The van der Waals surface area contributed by atoms with E-state index in [9.17, 15) is 4.79 Å². The number of aromatic nitrogens is 5. The van der Waals surface area contributed by atoms with Gasteiger partial charge in [0.25, 0.3) is 5.91 Å². The molecule has 0 spiro atoms. The molecule has 0 atom stereocenters. The lowest BCUT2D eigenvalue weighted by atomic mass is 9.95. The molecule has 0 unspecified atom stereocenters. The zero-order chi connectivity index (χ0) is 18.1. The first-order valence-electron chi connectivity index (χ1n) is 9.02. The summed E-state index contributed by atoms with van der Waals surface area (Å²) < 4.78 is 1.83. The van der Waals surface area contributed by atoms with Crippen LogP contribution in [0.5, 0.6) is 0 Å². The van der Waals surface area contributed by atoms with Crippen LogP contribution < -0.4 is 5.32 Å². The molecule has 0 fully saturated rings. The number of hydrogen-bond acceptors (Lipinski definition) is 5. The molecule has 3 aromatic rings. The Bertz CT molecular complexity index is 978. The van der Waals surface area contributed by atoms with Crippen LogP contribution in [0.2, 0.25) is 0 Å². The minimum absolute atomic E-state index is 0.153. The lowest BCUT2D eigenvalue weighted by Gasteiger charge is -2.17. The summed E-state index contributed by atoms with van der Waals surface area (Å²) in [6.45, 7) is 2.55. The number of aryl methyl sites for hydroxylation is 3. The molecule has 0 saturated heterocycles. The van der Waals surface area contributed by atoms with Crippen LogP contribution in [0.15, 0.2) is 18.6 Å². The summed E-state index contributed by atoms with van der Waals surface area (Å²) in [5.41, 5.74) is 5.58. The van der Waals surface area contributed by atoms with Crippen molar-refractivity contribution < 1.29 is 4.79 Å². The van der Waals surface area contributed by atoms with Crippen molar-refractivity contribution in [2.24, 2.45) is 7.05 Å². The average molecular weight is 350 g/mol. The highest BCUT2D eigenvalue weighted by Crippen LogP contribution is 2.21. The van der Waals surface area contributed by atoms with E-state index in [0.717, 1.165) is 30.0 Å². The molecule has 26 heavy (non-hydrogen) atoms. The number of nitrogens with one attached hydrogen (secondary N) is 1.